The molecule has 0 aliphatic heterocycles. The van der Waals surface area contributed by atoms with Crippen LogP contribution in [0.15, 0.2) is 18.2 Å². The van der Waals surface area contributed by atoms with Crippen molar-refractivity contribution in [1.82, 2.24) is 5.32 Å². The van der Waals surface area contributed by atoms with Gasteiger partial charge in [-0.05, 0) is 24.6 Å². The molecule has 1 atom stereocenters. The third-order valence-corrected chi connectivity index (χ3v) is 3.63. The largest absolute Gasteiger partial charge is 1.00 e. The Morgan fingerprint density at radius 2 is 1.88 bits per heavy atom. The van der Waals surface area contributed by atoms with E-state index < -0.39 is 24.5 Å². The van der Waals surface area contributed by atoms with E-state index in [-0.39, 0.29) is 35.1 Å². The van der Waals surface area contributed by atoms with Crippen LogP contribution in [0.25, 0.3) is 0 Å². The van der Waals surface area contributed by atoms with Crippen LogP contribution in [-0.2, 0) is 4.79 Å². The number of rotatable bonds is 9. The summed E-state index contributed by atoms with van der Waals surface area (Å²) in [4.78, 5) is 24.9. The van der Waals surface area contributed by atoms with Crippen LogP contribution in [0.5, 0.6) is 0 Å². The molecule has 128 valence electrons. The normalized spacial score (nSPS) is 11.3. The number of carbonyl (C=O) groups excluding carboxylic acids is 2. The third-order valence-electron chi connectivity index (χ3n) is 3.29. The number of aryl methyl sites for hydroxylation is 1. The van der Waals surface area contributed by atoms with Gasteiger partial charge < -0.3 is 25.2 Å². The first-order chi connectivity index (χ1) is 10.9. The molecule has 9 heteroatoms. The summed E-state index contributed by atoms with van der Waals surface area (Å²) in [6.07, 6.45) is 0. The van der Waals surface area contributed by atoms with Crippen LogP contribution in [-0.4, -0.2) is 54.5 Å². The Kier molecular flexibility index (Phi) is 11.7. The van der Waals surface area contributed by atoms with Gasteiger partial charge in [0.2, 0.25) is 0 Å². The SMILES string of the molecule is Cc1ccc(C(=O)NC(CO)C(=O)[O-])cc1N(CCCl)CCCl.[Na+]. The van der Waals surface area contributed by atoms with Gasteiger partial charge >= 0.3 is 29.6 Å². The topological polar surface area (TPSA) is 92.7 Å². The van der Waals surface area contributed by atoms with Gasteiger partial charge in [-0.25, -0.2) is 0 Å². The van der Waals surface area contributed by atoms with Crippen LogP contribution in [0.1, 0.15) is 15.9 Å². The quantitative estimate of drug-likeness (QED) is 0.352. The van der Waals surface area contributed by atoms with Crippen molar-refractivity contribution in [3.05, 3.63) is 29.3 Å². The summed E-state index contributed by atoms with van der Waals surface area (Å²) in [5.74, 6) is -1.33. The van der Waals surface area contributed by atoms with Crippen molar-refractivity contribution in [3.63, 3.8) is 0 Å². The number of benzene rings is 1. The minimum absolute atomic E-state index is 0. The Morgan fingerprint density at radius 1 is 1.29 bits per heavy atom. The molecule has 0 aliphatic carbocycles. The Balaban J connectivity index is 0.00000529. The second kappa shape index (κ2) is 12.0. The zero-order chi connectivity index (χ0) is 17.4. The summed E-state index contributed by atoms with van der Waals surface area (Å²) in [6.45, 7) is 2.29. The number of halogens is 2. The predicted octanol–water partition coefficient (Wildman–Crippen LogP) is -2.88. The predicted molar refractivity (Wildman–Crippen MR) is 88.2 cm³/mol. The first-order valence-electron chi connectivity index (χ1n) is 7.04. The third kappa shape index (κ3) is 6.78. The van der Waals surface area contributed by atoms with Gasteiger partial charge in [-0.2, -0.15) is 0 Å². The van der Waals surface area contributed by atoms with Crippen LogP contribution in [0.3, 0.4) is 0 Å². The molecule has 0 radical (unpaired) electrons. The van der Waals surface area contributed by atoms with E-state index in [1.807, 2.05) is 11.8 Å². The Hall–Kier alpha value is -0.500. The molecule has 1 unspecified atom stereocenters. The number of aliphatic hydroxyl groups excluding tert-OH is 1. The fourth-order valence-electron chi connectivity index (χ4n) is 2.07. The van der Waals surface area contributed by atoms with Gasteiger partial charge in [-0.3, -0.25) is 4.79 Å². The van der Waals surface area contributed by atoms with Crippen molar-refractivity contribution in [2.45, 2.75) is 13.0 Å². The van der Waals surface area contributed by atoms with Crippen LogP contribution < -0.4 is 44.9 Å². The molecule has 1 aromatic carbocycles. The molecular weight excluding hydrogens is 366 g/mol. The van der Waals surface area contributed by atoms with E-state index in [1.54, 1.807) is 18.2 Å². The molecule has 1 amide bonds. The summed E-state index contributed by atoms with van der Waals surface area (Å²) in [6, 6.07) is 3.53. The fraction of sp³-hybridized carbons (Fsp3) is 0.467. The standard InChI is InChI=1S/C15H20Cl2N2O4.Na/c1-10-2-3-11(14(21)18-12(9-20)15(22)23)8-13(10)19(6-4-16)7-5-17;/h2-3,8,12,20H,4-7,9H2,1H3,(H,18,21)(H,22,23);/q;+1/p-1. The molecule has 0 heterocycles. The van der Waals surface area contributed by atoms with Gasteiger partial charge in [0.1, 0.15) is 0 Å². The molecule has 0 aliphatic rings. The number of aliphatic hydroxyl groups is 1. The molecule has 0 saturated heterocycles. The summed E-state index contributed by atoms with van der Waals surface area (Å²) < 4.78 is 0. The van der Waals surface area contributed by atoms with Crippen molar-refractivity contribution < 1.29 is 49.4 Å². The van der Waals surface area contributed by atoms with Gasteiger partial charge in [0.05, 0.1) is 18.6 Å². The summed E-state index contributed by atoms with van der Waals surface area (Å²) in [5, 5.41) is 21.9. The van der Waals surface area contributed by atoms with E-state index >= 15 is 0 Å². The Morgan fingerprint density at radius 3 is 2.33 bits per heavy atom. The molecule has 6 nitrogen and oxygen atoms in total. The van der Waals surface area contributed by atoms with Crippen LogP contribution in [0.4, 0.5) is 5.69 Å². The molecular formula is C15H19Cl2N2NaO4. The maximum absolute atomic E-state index is 12.1. The number of aliphatic carboxylic acids is 1. The first kappa shape index (κ1) is 23.5. The number of hydrogen-bond donors (Lipinski definition) is 2. The van der Waals surface area contributed by atoms with E-state index in [1.165, 1.54) is 0 Å². The molecule has 0 fully saturated rings. The molecule has 1 rings (SSSR count). The maximum atomic E-state index is 12.1. The van der Waals surface area contributed by atoms with Gasteiger partial charge in [-0.15, -0.1) is 23.2 Å². The zero-order valence-electron chi connectivity index (χ0n) is 13.7. The zero-order valence-corrected chi connectivity index (χ0v) is 17.2. The van der Waals surface area contributed by atoms with Crippen molar-refractivity contribution >= 4 is 40.8 Å². The van der Waals surface area contributed by atoms with E-state index in [4.69, 9.17) is 28.3 Å². The van der Waals surface area contributed by atoms with Crippen LogP contribution in [0, 0.1) is 6.92 Å². The molecule has 0 spiro atoms. The number of anilines is 1. The smallest absolute Gasteiger partial charge is 0.548 e. The number of amides is 1. The van der Waals surface area contributed by atoms with Crippen molar-refractivity contribution in [3.8, 4) is 0 Å². The maximum Gasteiger partial charge on any atom is 1.00 e. The average Bonchev–Trinajstić information content (AvgIpc) is 2.52. The monoisotopic (exact) mass is 384 g/mol. The molecule has 24 heavy (non-hydrogen) atoms. The molecule has 0 aromatic heterocycles. The van der Waals surface area contributed by atoms with Crippen LogP contribution in [0.2, 0.25) is 0 Å². The van der Waals surface area contributed by atoms with E-state index in [2.05, 4.69) is 5.32 Å². The minimum atomic E-state index is -1.54. The van der Waals surface area contributed by atoms with E-state index in [0.717, 1.165) is 11.3 Å². The van der Waals surface area contributed by atoms with Gasteiger partial charge in [0.15, 0.2) is 0 Å². The van der Waals surface area contributed by atoms with E-state index in [9.17, 15) is 14.7 Å². The summed E-state index contributed by atoms with van der Waals surface area (Å²) in [5.41, 5.74) is 2.02. The molecule has 1 aromatic rings. The van der Waals surface area contributed by atoms with Crippen molar-refractivity contribution in [2.24, 2.45) is 0 Å². The molecule has 2 N–H and O–H groups in total. The average molecular weight is 385 g/mol. The fourth-order valence-corrected chi connectivity index (χ4v) is 2.48. The van der Waals surface area contributed by atoms with Gasteiger partial charge in [0, 0.05) is 36.1 Å². The molecule has 0 saturated carbocycles. The number of hydrogen-bond acceptors (Lipinski definition) is 5. The second-order valence-electron chi connectivity index (χ2n) is 4.89. The van der Waals surface area contributed by atoms with Crippen LogP contribution >= 0.6 is 23.2 Å². The summed E-state index contributed by atoms with van der Waals surface area (Å²) >= 11 is 11.6. The number of carboxylic acid groups (broad SMARTS) is 1. The Bertz CT molecular complexity index is 554. The first-order valence-corrected chi connectivity index (χ1v) is 8.11. The Labute approximate surface area is 173 Å². The van der Waals surface area contributed by atoms with E-state index in [0.29, 0.717) is 24.8 Å². The second-order valence-corrected chi connectivity index (χ2v) is 5.65. The molecule has 0 bridgehead atoms. The number of carbonyl (C=O) groups is 2. The number of nitrogens with zero attached hydrogens (tertiary/aromatic N) is 1. The minimum Gasteiger partial charge on any atom is -0.548 e. The summed E-state index contributed by atoms with van der Waals surface area (Å²) in [7, 11) is 0. The van der Waals surface area contributed by atoms with Gasteiger partial charge in [-0.1, -0.05) is 6.07 Å². The van der Waals surface area contributed by atoms with Crippen molar-refractivity contribution in [1.29, 1.82) is 0 Å². The van der Waals surface area contributed by atoms with Gasteiger partial charge in [0.25, 0.3) is 5.91 Å². The van der Waals surface area contributed by atoms with Crippen molar-refractivity contribution in [2.75, 3.05) is 36.4 Å². The number of alkyl halides is 2. The number of carboxylic acids is 1. The number of nitrogens with one attached hydrogen (secondary N) is 1.